The molecule has 0 unspecified atom stereocenters. The van der Waals surface area contributed by atoms with Gasteiger partial charge in [-0.15, -0.1) is 0 Å². The molecule has 0 aliphatic carbocycles. The topological polar surface area (TPSA) is 113 Å². The van der Waals surface area contributed by atoms with Gasteiger partial charge in [-0.1, -0.05) is 18.2 Å². The number of nitriles is 1. The fraction of sp³-hybridized carbons (Fsp3) is 0.167. The molecule has 7 nitrogen and oxygen atoms in total. The second-order valence-electron chi connectivity index (χ2n) is 5.50. The molecule has 2 aromatic carbocycles. The number of hydrogen-bond acceptors (Lipinski definition) is 6. The summed E-state index contributed by atoms with van der Waals surface area (Å²) in [4.78, 5) is 24.3. The highest BCUT2D eigenvalue weighted by atomic mass is 32.2. The molecule has 0 saturated carbocycles. The Balaban J connectivity index is 2.12. The van der Waals surface area contributed by atoms with Gasteiger partial charge >= 0.3 is 5.97 Å². The zero-order valence-corrected chi connectivity index (χ0v) is 14.9. The number of carbonyl (C=O) groups excluding carboxylic acids is 2. The lowest BCUT2D eigenvalue weighted by Gasteiger charge is -2.14. The van der Waals surface area contributed by atoms with Crippen LogP contribution in [-0.2, 0) is 19.4 Å². The number of anilines is 1. The number of rotatable bonds is 5. The van der Waals surface area contributed by atoms with E-state index in [1.165, 1.54) is 37.3 Å². The maximum atomic E-state index is 12.3. The van der Waals surface area contributed by atoms with Crippen LogP contribution in [0, 0.1) is 11.3 Å². The van der Waals surface area contributed by atoms with Crippen molar-refractivity contribution in [1.82, 2.24) is 0 Å². The number of ether oxygens (including phenoxy) is 1. The van der Waals surface area contributed by atoms with Crippen molar-refractivity contribution in [3.8, 4) is 6.07 Å². The van der Waals surface area contributed by atoms with E-state index >= 15 is 0 Å². The zero-order valence-electron chi connectivity index (χ0n) is 14.1. The zero-order chi connectivity index (χ0) is 19.3. The number of hydrogen-bond donors (Lipinski definition) is 1. The average molecular weight is 372 g/mol. The summed E-state index contributed by atoms with van der Waals surface area (Å²) in [6.45, 7) is 1.37. The van der Waals surface area contributed by atoms with Gasteiger partial charge in [0.2, 0.25) is 0 Å². The van der Waals surface area contributed by atoms with Crippen molar-refractivity contribution < 1.29 is 22.7 Å². The fourth-order valence-electron chi connectivity index (χ4n) is 2.15. The van der Waals surface area contributed by atoms with Crippen molar-refractivity contribution in [3.05, 3.63) is 59.7 Å². The lowest BCUT2D eigenvalue weighted by Crippen LogP contribution is -2.30. The second kappa shape index (κ2) is 7.80. The van der Waals surface area contributed by atoms with Gasteiger partial charge < -0.3 is 10.1 Å². The highest BCUT2D eigenvalue weighted by Crippen LogP contribution is 2.17. The predicted octanol–water partition coefficient (Wildman–Crippen LogP) is 2.15. The first-order valence-corrected chi connectivity index (χ1v) is 9.42. The van der Waals surface area contributed by atoms with E-state index in [-0.39, 0.29) is 10.5 Å². The molecular formula is C18H16N2O5S. The number of nitrogens with one attached hydrogen (secondary N) is 1. The first kappa shape index (κ1) is 19.1. The molecule has 0 heterocycles. The SMILES string of the molecule is C[C@@H](OC(=O)c1ccccc1S(C)(=O)=O)C(=O)Nc1cccc(C#N)c1. The summed E-state index contributed by atoms with van der Waals surface area (Å²) in [7, 11) is -3.62. The minimum absolute atomic E-state index is 0.138. The summed E-state index contributed by atoms with van der Waals surface area (Å²) >= 11 is 0. The fourth-order valence-corrected chi connectivity index (χ4v) is 3.02. The standard InChI is InChI=1S/C18H16N2O5S/c1-12(17(21)20-14-7-5-6-13(10-14)11-19)25-18(22)15-8-3-4-9-16(15)26(2,23)24/h3-10,12H,1-2H3,(H,20,21)/t12-/m1/s1. The molecule has 0 bridgehead atoms. The van der Waals surface area contributed by atoms with Crippen molar-refractivity contribution in [3.63, 3.8) is 0 Å². The number of nitrogens with zero attached hydrogens (tertiary/aromatic N) is 1. The van der Waals surface area contributed by atoms with Gasteiger partial charge in [0.1, 0.15) is 0 Å². The van der Waals surface area contributed by atoms with Crippen LogP contribution >= 0.6 is 0 Å². The Morgan fingerprint density at radius 1 is 1.15 bits per heavy atom. The quantitative estimate of drug-likeness (QED) is 0.805. The first-order valence-electron chi connectivity index (χ1n) is 7.53. The smallest absolute Gasteiger partial charge is 0.340 e. The minimum atomic E-state index is -3.62. The Hall–Kier alpha value is -3.18. The van der Waals surface area contributed by atoms with Crippen molar-refractivity contribution in [2.75, 3.05) is 11.6 Å². The van der Waals surface area contributed by atoms with E-state index in [0.717, 1.165) is 6.26 Å². The predicted molar refractivity (Wildman–Crippen MR) is 94.2 cm³/mol. The third kappa shape index (κ3) is 4.68. The maximum Gasteiger partial charge on any atom is 0.340 e. The van der Waals surface area contributed by atoms with Crippen LogP contribution in [0.3, 0.4) is 0 Å². The number of carbonyl (C=O) groups is 2. The third-order valence-corrected chi connectivity index (χ3v) is 4.57. The van der Waals surface area contributed by atoms with Crippen LogP contribution in [-0.4, -0.2) is 32.7 Å². The van der Waals surface area contributed by atoms with Gasteiger partial charge in [0.15, 0.2) is 15.9 Å². The number of benzene rings is 2. The van der Waals surface area contributed by atoms with Gasteiger partial charge in [0.25, 0.3) is 5.91 Å². The van der Waals surface area contributed by atoms with Crippen LogP contribution in [0.5, 0.6) is 0 Å². The molecule has 0 aromatic heterocycles. The van der Waals surface area contributed by atoms with Crippen molar-refractivity contribution in [1.29, 1.82) is 5.26 Å². The van der Waals surface area contributed by atoms with Crippen LogP contribution in [0.2, 0.25) is 0 Å². The first-order chi connectivity index (χ1) is 12.2. The largest absolute Gasteiger partial charge is 0.449 e. The minimum Gasteiger partial charge on any atom is -0.449 e. The Bertz CT molecular complexity index is 993. The summed E-state index contributed by atoms with van der Waals surface area (Å²) in [5.41, 5.74) is 0.615. The van der Waals surface area contributed by atoms with E-state index in [1.807, 2.05) is 6.07 Å². The van der Waals surface area contributed by atoms with Gasteiger partial charge in [0, 0.05) is 11.9 Å². The number of esters is 1. The molecule has 8 heteroatoms. The monoisotopic (exact) mass is 372 g/mol. The summed E-state index contributed by atoms with van der Waals surface area (Å²) in [5, 5.41) is 11.4. The molecule has 0 spiro atoms. The summed E-state index contributed by atoms with van der Waals surface area (Å²) in [6.07, 6.45) is -0.182. The lowest BCUT2D eigenvalue weighted by molar-refractivity contribution is -0.123. The number of sulfone groups is 1. The molecule has 2 aromatic rings. The van der Waals surface area contributed by atoms with Crippen LogP contribution in [0.25, 0.3) is 0 Å². The Morgan fingerprint density at radius 3 is 2.50 bits per heavy atom. The van der Waals surface area contributed by atoms with Gasteiger partial charge in [-0.2, -0.15) is 5.26 Å². The van der Waals surface area contributed by atoms with E-state index in [2.05, 4.69) is 5.32 Å². The third-order valence-electron chi connectivity index (χ3n) is 3.42. The van der Waals surface area contributed by atoms with E-state index < -0.39 is 27.8 Å². The van der Waals surface area contributed by atoms with Gasteiger partial charge in [-0.05, 0) is 37.3 Å². The number of amides is 1. The van der Waals surface area contributed by atoms with Crippen LogP contribution < -0.4 is 5.32 Å². The molecule has 0 fully saturated rings. The molecule has 1 amide bonds. The lowest BCUT2D eigenvalue weighted by atomic mass is 10.2. The van der Waals surface area contributed by atoms with Crippen molar-refractivity contribution in [2.24, 2.45) is 0 Å². The molecule has 1 N–H and O–H groups in total. The Labute approximate surface area is 151 Å². The van der Waals surface area contributed by atoms with Gasteiger partial charge in [-0.3, -0.25) is 4.79 Å². The highest BCUT2D eigenvalue weighted by Gasteiger charge is 2.23. The van der Waals surface area contributed by atoms with E-state index in [9.17, 15) is 18.0 Å². The van der Waals surface area contributed by atoms with Crippen molar-refractivity contribution >= 4 is 27.4 Å². The molecule has 2 rings (SSSR count). The Kier molecular flexibility index (Phi) is 5.75. The van der Waals surface area contributed by atoms with Gasteiger partial charge in [0.05, 0.1) is 22.1 Å². The normalized spacial score (nSPS) is 11.9. The average Bonchev–Trinajstić information content (AvgIpc) is 2.61. The Morgan fingerprint density at radius 2 is 1.85 bits per heavy atom. The second-order valence-corrected chi connectivity index (χ2v) is 7.48. The molecule has 0 radical (unpaired) electrons. The molecular weight excluding hydrogens is 356 g/mol. The molecule has 0 aliphatic heterocycles. The molecule has 26 heavy (non-hydrogen) atoms. The molecule has 0 aliphatic rings. The van der Waals surface area contributed by atoms with Crippen LogP contribution in [0.1, 0.15) is 22.8 Å². The van der Waals surface area contributed by atoms with E-state index in [1.54, 1.807) is 18.2 Å². The van der Waals surface area contributed by atoms with E-state index in [0.29, 0.717) is 11.3 Å². The summed E-state index contributed by atoms with van der Waals surface area (Å²) < 4.78 is 28.6. The summed E-state index contributed by atoms with van der Waals surface area (Å²) in [6, 6.07) is 13.8. The van der Waals surface area contributed by atoms with Crippen molar-refractivity contribution in [2.45, 2.75) is 17.9 Å². The molecule has 134 valence electrons. The van der Waals surface area contributed by atoms with E-state index in [4.69, 9.17) is 10.00 Å². The molecule has 0 saturated heterocycles. The highest BCUT2D eigenvalue weighted by molar-refractivity contribution is 7.90. The van der Waals surface area contributed by atoms with Gasteiger partial charge in [-0.25, -0.2) is 13.2 Å². The maximum absolute atomic E-state index is 12.3. The molecule has 1 atom stereocenters. The van der Waals surface area contributed by atoms with Crippen LogP contribution in [0.4, 0.5) is 5.69 Å². The van der Waals surface area contributed by atoms with Crippen LogP contribution in [0.15, 0.2) is 53.4 Å². The summed E-state index contributed by atoms with van der Waals surface area (Å²) in [5.74, 6) is -1.52.